The Morgan fingerprint density at radius 3 is 2.46 bits per heavy atom. The Morgan fingerprint density at radius 1 is 1.07 bits per heavy atom. The summed E-state index contributed by atoms with van der Waals surface area (Å²) in [5, 5.41) is 2.79. The van der Waals surface area contributed by atoms with Crippen LogP contribution in [0.5, 0.6) is 0 Å². The molecule has 1 unspecified atom stereocenters. The molecule has 0 aliphatic heterocycles. The molecule has 6 heteroatoms. The van der Waals surface area contributed by atoms with Crippen molar-refractivity contribution in [2.45, 2.75) is 26.4 Å². The Morgan fingerprint density at radius 2 is 1.82 bits per heavy atom. The Bertz CT molecular complexity index is 969. The number of furan rings is 1. The summed E-state index contributed by atoms with van der Waals surface area (Å²) in [4.78, 5) is 26.3. The van der Waals surface area contributed by atoms with Gasteiger partial charge in [0.1, 0.15) is 0 Å². The van der Waals surface area contributed by atoms with Crippen LogP contribution in [-0.4, -0.2) is 16.7 Å². The summed E-state index contributed by atoms with van der Waals surface area (Å²) in [5.74, 6) is -0.0675. The van der Waals surface area contributed by atoms with Gasteiger partial charge in [-0.3, -0.25) is 9.59 Å². The molecule has 0 aliphatic carbocycles. The van der Waals surface area contributed by atoms with Gasteiger partial charge < -0.3 is 14.6 Å². The molecule has 0 saturated carbocycles. The van der Waals surface area contributed by atoms with E-state index < -0.39 is 0 Å². The topological polar surface area (TPSA) is 62.6 Å². The first kappa shape index (κ1) is 19.9. The Hall–Kier alpha value is -2.86. The summed E-state index contributed by atoms with van der Waals surface area (Å²) in [6, 6.07) is 20.5. The third-order valence-corrected chi connectivity index (χ3v) is 4.82. The summed E-state index contributed by atoms with van der Waals surface area (Å²) in [7, 11) is 0. The third-order valence-electron chi connectivity index (χ3n) is 4.40. The lowest BCUT2D eigenvalue weighted by molar-refractivity contribution is -0.114. The Labute approximate surface area is 172 Å². The van der Waals surface area contributed by atoms with E-state index in [2.05, 4.69) is 21.2 Å². The van der Waals surface area contributed by atoms with Gasteiger partial charge in [-0.15, -0.1) is 0 Å². The molecular weight excluding hydrogens is 420 g/mol. The minimum Gasteiger partial charge on any atom is -0.444 e. The Balaban J connectivity index is 1.93. The molecule has 2 amide bonds. The molecule has 3 rings (SSSR count). The van der Waals surface area contributed by atoms with Crippen molar-refractivity contribution in [3.8, 4) is 0 Å². The van der Waals surface area contributed by atoms with Crippen molar-refractivity contribution < 1.29 is 14.0 Å². The molecule has 0 radical (unpaired) electrons. The van der Waals surface area contributed by atoms with Gasteiger partial charge in [0.05, 0.1) is 6.04 Å². The molecule has 0 aliphatic rings. The lowest BCUT2D eigenvalue weighted by atomic mass is 10.0. The maximum absolute atomic E-state index is 13.2. The van der Waals surface area contributed by atoms with Crippen LogP contribution in [0, 0.1) is 0 Å². The molecule has 0 saturated heterocycles. The number of anilines is 1. The van der Waals surface area contributed by atoms with Crippen molar-refractivity contribution in [3.63, 3.8) is 0 Å². The molecule has 1 heterocycles. The van der Waals surface area contributed by atoms with Crippen molar-refractivity contribution >= 4 is 33.4 Å². The third kappa shape index (κ3) is 4.89. The van der Waals surface area contributed by atoms with E-state index in [1.807, 2.05) is 61.5 Å². The smallest absolute Gasteiger partial charge is 0.290 e. The highest BCUT2D eigenvalue weighted by molar-refractivity contribution is 9.10. The maximum Gasteiger partial charge on any atom is 0.290 e. The van der Waals surface area contributed by atoms with Gasteiger partial charge in [0.25, 0.3) is 5.91 Å². The molecule has 0 fully saturated rings. The summed E-state index contributed by atoms with van der Waals surface area (Å²) < 4.78 is 6.00. The van der Waals surface area contributed by atoms with Crippen LogP contribution in [0.3, 0.4) is 0 Å². The van der Waals surface area contributed by atoms with E-state index in [4.69, 9.17) is 4.42 Å². The van der Waals surface area contributed by atoms with Gasteiger partial charge in [-0.2, -0.15) is 0 Å². The minimum atomic E-state index is -0.231. The predicted octanol–water partition coefficient (Wildman–Crippen LogP) is 5.40. The van der Waals surface area contributed by atoms with Gasteiger partial charge in [-0.05, 0) is 58.2 Å². The lowest BCUT2D eigenvalue weighted by Crippen LogP contribution is -2.33. The summed E-state index contributed by atoms with van der Waals surface area (Å²) >= 11 is 3.25. The fraction of sp³-hybridized carbons (Fsp3) is 0.182. The van der Waals surface area contributed by atoms with Crippen LogP contribution in [0.2, 0.25) is 0 Å². The molecular formula is C22H21BrN2O3. The fourth-order valence-electron chi connectivity index (χ4n) is 2.99. The second kappa shape index (κ2) is 8.89. The number of halogens is 1. The number of amides is 2. The van der Waals surface area contributed by atoms with Crippen molar-refractivity contribution in [3.05, 3.63) is 88.3 Å². The number of hydrogen-bond acceptors (Lipinski definition) is 3. The average Bonchev–Trinajstić information content (AvgIpc) is 3.12. The maximum atomic E-state index is 13.2. The number of rotatable bonds is 6. The van der Waals surface area contributed by atoms with Crippen LogP contribution < -0.4 is 5.32 Å². The van der Waals surface area contributed by atoms with E-state index in [1.165, 1.54) is 6.92 Å². The highest BCUT2D eigenvalue weighted by Gasteiger charge is 2.25. The standard InChI is InChI=1S/C22H21BrN2O3/c1-15(18-9-6-10-19(13-18)24-16(2)26)25(14-17-7-4-3-5-8-17)22(27)20-11-12-21(23)28-20/h3-13,15H,14H2,1-2H3,(H,24,26). The zero-order valence-corrected chi connectivity index (χ0v) is 17.3. The zero-order chi connectivity index (χ0) is 20.1. The van der Waals surface area contributed by atoms with Gasteiger partial charge in [0, 0.05) is 19.2 Å². The van der Waals surface area contributed by atoms with Gasteiger partial charge in [0.15, 0.2) is 10.4 Å². The van der Waals surface area contributed by atoms with Crippen LogP contribution in [0.4, 0.5) is 5.69 Å². The fourth-order valence-corrected chi connectivity index (χ4v) is 3.30. The second-order valence-corrected chi connectivity index (χ2v) is 7.29. The van der Waals surface area contributed by atoms with Gasteiger partial charge in [-0.1, -0.05) is 42.5 Å². The largest absolute Gasteiger partial charge is 0.444 e. The minimum absolute atomic E-state index is 0.137. The SMILES string of the molecule is CC(=O)Nc1cccc(C(C)N(Cc2ccccc2)C(=O)c2ccc(Br)o2)c1. The molecule has 144 valence electrons. The van der Waals surface area contributed by atoms with Crippen molar-refractivity contribution in [1.29, 1.82) is 0 Å². The number of nitrogens with zero attached hydrogens (tertiary/aromatic N) is 1. The molecule has 0 bridgehead atoms. The molecule has 1 aromatic heterocycles. The first-order chi connectivity index (χ1) is 13.4. The number of carbonyl (C=O) groups excluding carboxylic acids is 2. The van der Waals surface area contributed by atoms with Crippen molar-refractivity contribution in [1.82, 2.24) is 4.90 Å². The first-order valence-electron chi connectivity index (χ1n) is 8.92. The number of carbonyl (C=O) groups is 2. The van der Waals surface area contributed by atoms with Crippen LogP contribution in [0.1, 0.15) is 41.6 Å². The Kier molecular flexibility index (Phi) is 6.31. The quantitative estimate of drug-likeness (QED) is 0.557. The van der Waals surface area contributed by atoms with E-state index in [0.29, 0.717) is 16.9 Å². The summed E-state index contributed by atoms with van der Waals surface area (Å²) in [5.41, 5.74) is 2.64. The molecule has 2 aromatic carbocycles. The number of benzene rings is 2. The lowest BCUT2D eigenvalue weighted by Gasteiger charge is -2.29. The van der Waals surface area contributed by atoms with E-state index in [9.17, 15) is 9.59 Å². The van der Waals surface area contributed by atoms with Crippen LogP contribution >= 0.6 is 15.9 Å². The van der Waals surface area contributed by atoms with E-state index in [-0.39, 0.29) is 23.6 Å². The molecule has 5 nitrogen and oxygen atoms in total. The molecule has 3 aromatic rings. The summed E-state index contributed by atoms with van der Waals surface area (Å²) in [6.07, 6.45) is 0. The normalized spacial score (nSPS) is 11.7. The van der Waals surface area contributed by atoms with Gasteiger partial charge >= 0.3 is 0 Å². The van der Waals surface area contributed by atoms with Crippen molar-refractivity contribution in [2.24, 2.45) is 0 Å². The average molecular weight is 441 g/mol. The van der Waals surface area contributed by atoms with E-state index in [0.717, 1.165) is 11.1 Å². The van der Waals surface area contributed by atoms with E-state index >= 15 is 0 Å². The number of nitrogens with one attached hydrogen (secondary N) is 1. The monoisotopic (exact) mass is 440 g/mol. The molecule has 1 atom stereocenters. The van der Waals surface area contributed by atoms with Gasteiger partial charge in [-0.25, -0.2) is 0 Å². The summed E-state index contributed by atoms with van der Waals surface area (Å²) in [6.45, 7) is 3.87. The van der Waals surface area contributed by atoms with Crippen LogP contribution in [0.15, 0.2) is 75.8 Å². The highest BCUT2D eigenvalue weighted by Crippen LogP contribution is 2.27. The zero-order valence-electron chi connectivity index (χ0n) is 15.7. The van der Waals surface area contributed by atoms with Crippen LogP contribution in [-0.2, 0) is 11.3 Å². The van der Waals surface area contributed by atoms with Gasteiger partial charge in [0.2, 0.25) is 5.91 Å². The molecule has 28 heavy (non-hydrogen) atoms. The van der Waals surface area contributed by atoms with E-state index in [1.54, 1.807) is 17.0 Å². The number of hydrogen-bond donors (Lipinski definition) is 1. The molecule has 1 N–H and O–H groups in total. The molecule has 0 spiro atoms. The highest BCUT2D eigenvalue weighted by atomic mass is 79.9. The second-order valence-electron chi connectivity index (χ2n) is 6.51. The predicted molar refractivity (Wildman–Crippen MR) is 112 cm³/mol. The van der Waals surface area contributed by atoms with Crippen LogP contribution in [0.25, 0.3) is 0 Å². The first-order valence-corrected chi connectivity index (χ1v) is 9.71. The van der Waals surface area contributed by atoms with Crippen molar-refractivity contribution in [2.75, 3.05) is 5.32 Å².